The van der Waals surface area contributed by atoms with Gasteiger partial charge in [0.15, 0.2) is 0 Å². The zero-order valence-corrected chi connectivity index (χ0v) is 15.6. The Morgan fingerprint density at radius 1 is 1.04 bits per heavy atom. The third-order valence-corrected chi connectivity index (χ3v) is 4.45. The normalized spacial score (nSPS) is 13.5. The number of aryl methyl sites for hydroxylation is 2. The lowest BCUT2D eigenvalue weighted by atomic mass is 9.97. The second-order valence-corrected chi connectivity index (χ2v) is 6.64. The van der Waals surface area contributed by atoms with Crippen LogP contribution in [0.1, 0.15) is 62.6 Å². The molecule has 5 nitrogen and oxygen atoms in total. The van der Waals surface area contributed by atoms with Gasteiger partial charge in [0, 0.05) is 11.6 Å². The summed E-state index contributed by atoms with van der Waals surface area (Å²) >= 11 is 0. The lowest BCUT2D eigenvalue weighted by molar-refractivity contribution is -0.144. The van der Waals surface area contributed by atoms with Crippen molar-refractivity contribution in [3.63, 3.8) is 0 Å². The van der Waals surface area contributed by atoms with Crippen LogP contribution in [0.15, 0.2) is 29.8 Å². The molecule has 140 valence electrons. The molecule has 1 aliphatic heterocycles. The molecule has 0 radical (unpaired) electrons. The number of carbonyl (C=O) groups excluding carboxylic acids is 3. The van der Waals surface area contributed by atoms with Crippen LogP contribution in [-0.2, 0) is 38.6 Å². The molecule has 0 saturated carbocycles. The fraction of sp³-hybridized carbons (Fsp3) is 0.476. The molecule has 1 aliphatic rings. The highest BCUT2D eigenvalue weighted by molar-refractivity contribution is 6.17. The fourth-order valence-corrected chi connectivity index (χ4v) is 2.90. The van der Waals surface area contributed by atoms with Crippen molar-refractivity contribution in [2.75, 3.05) is 0 Å². The highest BCUT2D eigenvalue weighted by Gasteiger charge is 2.23. The van der Waals surface area contributed by atoms with Crippen LogP contribution in [0.2, 0.25) is 0 Å². The number of unbranched alkanes of at least 4 members (excludes halogenated alkanes) is 2. The largest absolute Gasteiger partial charge is 0.461 e. The lowest BCUT2D eigenvalue weighted by Crippen LogP contribution is -2.23. The first kappa shape index (κ1) is 19.9. The molecule has 0 unspecified atom stereocenters. The van der Waals surface area contributed by atoms with Gasteiger partial charge < -0.3 is 4.74 Å². The van der Waals surface area contributed by atoms with E-state index in [-0.39, 0.29) is 18.6 Å². The molecule has 0 saturated heterocycles. The predicted octanol–water partition coefficient (Wildman–Crippen LogP) is 3.39. The van der Waals surface area contributed by atoms with Crippen molar-refractivity contribution in [1.29, 1.82) is 0 Å². The van der Waals surface area contributed by atoms with Crippen LogP contribution in [0.3, 0.4) is 0 Å². The van der Waals surface area contributed by atoms with Gasteiger partial charge >= 0.3 is 5.97 Å². The van der Waals surface area contributed by atoms with Gasteiger partial charge in [-0.3, -0.25) is 19.7 Å². The molecule has 1 heterocycles. The maximum Gasteiger partial charge on any atom is 0.310 e. The number of hydrogen-bond acceptors (Lipinski definition) is 4. The molecule has 0 atom stereocenters. The van der Waals surface area contributed by atoms with Gasteiger partial charge in [-0.05, 0) is 42.4 Å². The van der Waals surface area contributed by atoms with E-state index in [1.54, 1.807) is 0 Å². The summed E-state index contributed by atoms with van der Waals surface area (Å²) in [5.41, 5.74) is 3.70. The monoisotopic (exact) mass is 357 g/mol. The number of esters is 1. The summed E-state index contributed by atoms with van der Waals surface area (Å²) in [6, 6.07) is 6.36. The van der Waals surface area contributed by atoms with Crippen molar-refractivity contribution in [2.24, 2.45) is 0 Å². The van der Waals surface area contributed by atoms with Crippen LogP contribution in [0.4, 0.5) is 0 Å². The van der Waals surface area contributed by atoms with Crippen molar-refractivity contribution < 1.29 is 19.1 Å². The van der Waals surface area contributed by atoms with Crippen molar-refractivity contribution >= 4 is 17.8 Å². The Kier molecular flexibility index (Phi) is 7.57. The molecule has 0 aliphatic carbocycles. The summed E-state index contributed by atoms with van der Waals surface area (Å²) in [5.74, 6) is -1.50. The quantitative estimate of drug-likeness (QED) is 0.515. The van der Waals surface area contributed by atoms with Gasteiger partial charge in [-0.2, -0.15) is 0 Å². The van der Waals surface area contributed by atoms with Gasteiger partial charge in [-0.25, -0.2) is 0 Å². The number of hydrogen-bond donors (Lipinski definition) is 1. The first-order chi connectivity index (χ1) is 12.5. The second-order valence-electron chi connectivity index (χ2n) is 6.64. The van der Waals surface area contributed by atoms with Crippen molar-refractivity contribution in [1.82, 2.24) is 5.32 Å². The molecule has 0 aromatic heterocycles. The summed E-state index contributed by atoms with van der Waals surface area (Å²) in [5, 5.41) is 2.12. The molecule has 0 fully saturated rings. The Balaban J connectivity index is 1.98. The average Bonchev–Trinajstić information content (AvgIpc) is 2.94. The van der Waals surface area contributed by atoms with Gasteiger partial charge in [0.1, 0.15) is 6.61 Å². The van der Waals surface area contributed by atoms with Gasteiger partial charge in [-0.1, -0.05) is 44.9 Å². The molecule has 1 N–H and O–H groups in total. The molecule has 0 bridgehead atoms. The van der Waals surface area contributed by atoms with E-state index >= 15 is 0 Å². The number of benzene rings is 1. The van der Waals surface area contributed by atoms with E-state index in [0.717, 1.165) is 50.2 Å². The molecule has 5 heteroatoms. The predicted molar refractivity (Wildman–Crippen MR) is 99.3 cm³/mol. The highest BCUT2D eigenvalue weighted by atomic mass is 16.5. The minimum Gasteiger partial charge on any atom is -0.461 e. The first-order valence-corrected chi connectivity index (χ1v) is 9.35. The molecule has 1 aromatic rings. The van der Waals surface area contributed by atoms with E-state index in [4.69, 9.17) is 4.74 Å². The Hall–Kier alpha value is -2.43. The maximum atomic E-state index is 12.0. The lowest BCUT2D eigenvalue weighted by Gasteiger charge is -2.12. The van der Waals surface area contributed by atoms with Crippen LogP contribution in [0, 0.1) is 0 Å². The number of amides is 2. The standard InChI is InChI=1S/C21H27NO4/c1-3-5-7-15-9-10-17(16(11-15)8-6-4-2)14-26-20(24)13-18-12-19(23)22-21(18)25/h9-12H,3-8,13-14H2,1-2H3,(H,22,23,25). The number of carbonyl (C=O) groups is 3. The molecule has 2 rings (SSSR count). The van der Waals surface area contributed by atoms with Crippen molar-refractivity contribution in [3.8, 4) is 0 Å². The Bertz CT molecular complexity index is 706. The summed E-state index contributed by atoms with van der Waals surface area (Å²) in [6.07, 6.45) is 7.52. The summed E-state index contributed by atoms with van der Waals surface area (Å²) < 4.78 is 5.34. The molecule has 1 aromatic carbocycles. The minimum absolute atomic E-state index is 0.154. The number of ether oxygens (including phenoxy) is 1. The fourth-order valence-electron chi connectivity index (χ4n) is 2.90. The van der Waals surface area contributed by atoms with E-state index < -0.39 is 17.8 Å². The van der Waals surface area contributed by atoms with Crippen LogP contribution in [0.25, 0.3) is 0 Å². The average molecular weight is 357 g/mol. The van der Waals surface area contributed by atoms with Crippen LogP contribution >= 0.6 is 0 Å². The summed E-state index contributed by atoms with van der Waals surface area (Å²) in [7, 11) is 0. The molecule has 26 heavy (non-hydrogen) atoms. The van der Waals surface area contributed by atoms with Crippen LogP contribution < -0.4 is 5.32 Å². The smallest absolute Gasteiger partial charge is 0.310 e. The Morgan fingerprint density at radius 2 is 1.77 bits per heavy atom. The third-order valence-electron chi connectivity index (χ3n) is 4.45. The summed E-state index contributed by atoms with van der Waals surface area (Å²) in [4.78, 5) is 34.6. The SMILES string of the molecule is CCCCc1ccc(COC(=O)CC2=CC(=O)NC2=O)c(CCCC)c1. The number of imide groups is 1. The maximum absolute atomic E-state index is 12.0. The summed E-state index contributed by atoms with van der Waals surface area (Å²) in [6.45, 7) is 4.52. The van der Waals surface area contributed by atoms with E-state index in [1.807, 2.05) is 6.07 Å². The Morgan fingerprint density at radius 3 is 2.42 bits per heavy atom. The van der Waals surface area contributed by atoms with Gasteiger partial charge in [0.25, 0.3) is 11.8 Å². The highest BCUT2D eigenvalue weighted by Crippen LogP contribution is 2.18. The van der Waals surface area contributed by atoms with Crippen molar-refractivity contribution in [2.45, 2.75) is 65.4 Å². The minimum atomic E-state index is -0.518. The zero-order valence-electron chi connectivity index (χ0n) is 15.6. The first-order valence-electron chi connectivity index (χ1n) is 9.35. The van der Waals surface area contributed by atoms with Crippen LogP contribution in [-0.4, -0.2) is 17.8 Å². The molecular formula is C21H27NO4. The molecular weight excluding hydrogens is 330 g/mol. The topological polar surface area (TPSA) is 72.5 Å². The molecule has 2 amide bonds. The Labute approximate surface area is 154 Å². The number of nitrogens with one attached hydrogen (secondary N) is 1. The van der Waals surface area contributed by atoms with E-state index in [1.165, 1.54) is 11.1 Å². The third kappa shape index (κ3) is 5.83. The van der Waals surface area contributed by atoms with Crippen LogP contribution in [0.5, 0.6) is 0 Å². The van der Waals surface area contributed by atoms with E-state index in [2.05, 4.69) is 31.3 Å². The van der Waals surface area contributed by atoms with Gasteiger partial charge in [0.05, 0.1) is 6.42 Å². The number of rotatable bonds is 10. The molecule has 0 spiro atoms. The second kappa shape index (κ2) is 9.90. The van der Waals surface area contributed by atoms with Crippen molar-refractivity contribution in [3.05, 3.63) is 46.5 Å². The van der Waals surface area contributed by atoms with Gasteiger partial charge in [-0.15, -0.1) is 0 Å². The van der Waals surface area contributed by atoms with E-state index in [0.29, 0.717) is 0 Å². The van der Waals surface area contributed by atoms with Gasteiger partial charge in [0.2, 0.25) is 0 Å². The van der Waals surface area contributed by atoms with E-state index in [9.17, 15) is 14.4 Å². The zero-order chi connectivity index (χ0) is 18.9.